The van der Waals surface area contributed by atoms with E-state index in [-0.39, 0.29) is 0 Å². The van der Waals surface area contributed by atoms with Crippen LogP contribution in [0.1, 0.15) is 52.4 Å². The maximum absolute atomic E-state index is 3.83. The van der Waals surface area contributed by atoms with Crippen molar-refractivity contribution in [3.8, 4) is 0 Å². The lowest BCUT2D eigenvalue weighted by molar-refractivity contribution is 0.134. The van der Waals surface area contributed by atoms with Gasteiger partial charge in [0.05, 0.1) is 0 Å². The molecule has 118 valence electrons. The summed E-state index contributed by atoms with van der Waals surface area (Å²) in [5.41, 5.74) is 0. The summed E-state index contributed by atoms with van der Waals surface area (Å²) in [6, 6.07) is 1.61. The molecule has 20 heavy (non-hydrogen) atoms. The minimum absolute atomic E-state index is 0.772. The zero-order valence-corrected chi connectivity index (χ0v) is 14.6. The van der Waals surface area contributed by atoms with Crippen LogP contribution >= 0.6 is 11.8 Å². The topological polar surface area (TPSA) is 15.3 Å². The lowest BCUT2D eigenvalue weighted by Crippen LogP contribution is -2.47. The monoisotopic (exact) mass is 298 g/mol. The smallest absolute Gasteiger partial charge is 0.0191 e. The van der Waals surface area contributed by atoms with Gasteiger partial charge >= 0.3 is 0 Å². The predicted molar refractivity (Wildman–Crippen MR) is 91.6 cm³/mol. The van der Waals surface area contributed by atoms with Gasteiger partial charge in [-0.05, 0) is 63.3 Å². The van der Waals surface area contributed by atoms with Gasteiger partial charge in [0.25, 0.3) is 0 Å². The summed E-state index contributed by atoms with van der Waals surface area (Å²) in [5.74, 6) is 4.57. The molecule has 1 saturated heterocycles. The molecule has 0 aromatic rings. The van der Waals surface area contributed by atoms with Crippen LogP contribution < -0.4 is 5.32 Å². The van der Waals surface area contributed by atoms with Crippen LogP contribution in [0.25, 0.3) is 0 Å². The molecule has 1 aliphatic heterocycles. The maximum atomic E-state index is 3.83. The first-order valence-corrected chi connectivity index (χ1v) is 9.91. The Balaban J connectivity index is 1.87. The Kier molecular flexibility index (Phi) is 7.20. The van der Waals surface area contributed by atoms with Crippen LogP contribution in [0, 0.1) is 11.8 Å². The Morgan fingerprint density at radius 2 is 2.05 bits per heavy atom. The molecule has 2 nitrogen and oxygen atoms in total. The molecule has 1 heterocycles. The number of hydrogen-bond acceptors (Lipinski definition) is 3. The summed E-state index contributed by atoms with van der Waals surface area (Å²) in [5, 5.41) is 3.83. The molecular formula is C17H34N2S. The average Bonchev–Trinajstić information content (AvgIpc) is 3.00. The number of hydrogen-bond donors (Lipinski definition) is 1. The first kappa shape index (κ1) is 16.6. The zero-order valence-electron chi connectivity index (χ0n) is 13.7. The largest absolute Gasteiger partial charge is 0.314 e. The van der Waals surface area contributed by atoms with E-state index in [0.717, 1.165) is 23.9 Å². The minimum Gasteiger partial charge on any atom is -0.314 e. The lowest BCUT2D eigenvalue weighted by Gasteiger charge is -2.39. The van der Waals surface area contributed by atoms with Gasteiger partial charge in [0.2, 0.25) is 0 Å². The van der Waals surface area contributed by atoms with E-state index >= 15 is 0 Å². The molecule has 0 aromatic carbocycles. The molecule has 1 aliphatic carbocycles. The van der Waals surface area contributed by atoms with Gasteiger partial charge in [-0.3, -0.25) is 0 Å². The van der Waals surface area contributed by atoms with Gasteiger partial charge in [-0.25, -0.2) is 0 Å². The van der Waals surface area contributed by atoms with Crippen molar-refractivity contribution < 1.29 is 0 Å². The van der Waals surface area contributed by atoms with Crippen LogP contribution in [0.3, 0.4) is 0 Å². The molecule has 4 unspecified atom stereocenters. The SMILES string of the molecule is CCCNC1CCC(CC)CC1CN(C)C1CCSC1. The molecule has 2 aliphatic rings. The van der Waals surface area contributed by atoms with Crippen molar-refractivity contribution in [1.82, 2.24) is 10.2 Å². The van der Waals surface area contributed by atoms with Crippen molar-refractivity contribution in [3.63, 3.8) is 0 Å². The summed E-state index contributed by atoms with van der Waals surface area (Å²) < 4.78 is 0. The Hall–Kier alpha value is 0.270. The lowest BCUT2D eigenvalue weighted by atomic mass is 9.76. The molecule has 4 atom stereocenters. The van der Waals surface area contributed by atoms with Crippen LogP contribution in [0.4, 0.5) is 0 Å². The predicted octanol–water partition coefficient (Wildman–Crippen LogP) is 3.62. The third-order valence-corrected chi connectivity index (χ3v) is 6.52. The van der Waals surface area contributed by atoms with Crippen molar-refractivity contribution >= 4 is 11.8 Å². The second-order valence-corrected chi connectivity index (χ2v) is 8.01. The quantitative estimate of drug-likeness (QED) is 0.773. The fourth-order valence-electron chi connectivity index (χ4n) is 3.92. The third-order valence-electron chi connectivity index (χ3n) is 5.38. The van der Waals surface area contributed by atoms with E-state index in [9.17, 15) is 0 Å². The number of nitrogens with zero attached hydrogens (tertiary/aromatic N) is 1. The van der Waals surface area contributed by atoms with Crippen molar-refractivity contribution in [2.75, 3.05) is 31.6 Å². The molecule has 1 saturated carbocycles. The second kappa shape index (κ2) is 8.65. The van der Waals surface area contributed by atoms with Gasteiger partial charge in [-0.15, -0.1) is 0 Å². The third kappa shape index (κ3) is 4.64. The van der Waals surface area contributed by atoms with Crippen molar-refractivity contribution in [3.05, 3.63) is 0 Å². The summed E-state index contributed by atoms with van der Waals surface area (Å²) >= 11 is 2.13. The van der Waals surface area contributed by atoms with Gasteiger partial charge < -0.3 is 10.2 Å². The highest BCUT2D eigenvalue weighted by Crippen LogP contribution is 2.33. The molecule has 2 rings (SSSR count). The van der Waals surface area contributed by atoms with Crippen LogP contribution in [-0.4, -0.2) is 48.6 Å². The highest BCUT2D eigenvalue weighted by atomic mass is 32.2. The van der Waals surface area contributed by atoms with E-state index in [1.807, 2.05) is 0 Å². The summed E-state index contributed by atoms with van der Waals surface area (Å²) in [6.07, 6.45) is 8.32. The molecule has 0 aromatic heterocycles. The van der Waals surface area contributed by atoms with Crippen LogP contribution in [0.15, 0.2) is 0 Å². The molecule has 0 bridgehead atoms. The molecule has 0 amide bonds. The zero-order chi connectivity index (χ0) is 14.4. The van der Waals surface area contributed by atoms with Gasteiger partial charge in [-0.1, -0.05) is 20.3 Å². The number of rotatable bonds is 7. The van der Waals surface area contributed by atoms with Gasteiger partial charge in [-0.2, -0.15) is 11.8 Å². The van der Waals surface area contributed by atoms with Gasteiger partial charge in [0, 0.05) is 24.4 Å². The summed E-state index contributed by atoms with van der Waals surface area (Å²) in [7, 11) is 2.36. The first-order valence-electron chi connectivity index (χ1n) is 8.75. The first-order chi connectivity index (χ1) is 9.74. The van der Waals surface area contributed by atoms with Gasteiger partial charge in [0.15, 0.2) is 0 Å². The summed E-state index contributed by atoms with van der Waals surface area (Å²) in [4.78, 5) is 2.67. The van der Waals surface area contributed by atoms with Crippen LogP contribution in [0.2, 0.25) is 0 Å². The Labute approximate surface area is 130 Å². The molecule has 0 radical (unpaired) electrons. The molecule has 2 fully saturated rings. The van der Waals surface area contributed by atoms with Gasteiger partial charge in [0.1, 0.15) is 0 Å². The highest BCUT2D eigenvalue weighted by Gasteiger charge is 2.31. The van der Waals surface area contributed by atoms with E-state index in [0.29, 0.717) is 0 Å². The second-order valence-electron chi connectivity index (χ2n) is 6.87. The van der Waals surface area contributed by atoms with E-state index in [1.54, 1.807) is 0 Å². The van der Waals surface area contributed by atoms with Crippen molar-refractivity contribution in [1.29, 1.82) is 0 Å². The maximum Gasteiger partial charge on any atom is 0.0191 e. The fourth-order valence-corrected chi connectivity index (χ4v) is 5.22. The molecule has 3 heteroatoms. The van der Waals surface area contributed by atoms with Crippen LogP contribution in [-0.2, 0) is 0 Å². The average molecular weight is 299 g/mol. The number of nitrogens with one attached hydrogen (secondary N) is 1. The summed E-state index contributed by atoms with van der Waals surface area (Å²) in [6.45, 7) is 7.16. The molecular weight excluding hydrogens is 264 g/mol. The molecule has 0 spiro atoms. The van der Waals surface area contributed by atoms with E-state index in [2.05, 4.69) is 42.9 Å². The van der Waals surface area contributed by atoms with E-state index in [1.165, 1.54) is 63.1 Å². The van der Waals surface area contributed by atoms with Crippen LogP contribution in [0.5, 0.6) is 0 Å². The Bertz CT molecular complexity index is 266. The Morgan fingerprint density at radius 1 is 1.20 bits per heavy atom. The Morgan fingerprint density at radius 3 is 2.70 bits per heavy atom. The fraction of sp³-hybridized carbons (Fsp3) is 1.00. The standard InChI is InChI=1S/C17H34N2S/c1-4-9-18-17-7-6-14(5-2)11-15(17)12-19(3)16-8-10-20-13-16/h14-18H,4-13H2,1-3H3. The van der Waals surface area contributed by atoms with E-state index < -0.39 is 0 Å². The highest BCUT2D eigenvalue weighted by molar-refractivity contribution is 7.99. The minimum atomic E-state index is 0.772. The normalized spacial score (nSPS) is 34.8. The van der Waals surface area contributed by atoms with Crippen molar-refractivity contribution in [2.24, 2.45) is 11.8 Å². The van der Waals surface area contributed by atoms with E-state index in [4.69, 9.17) is 0 Å². The molecule has 1 N–H and O–H groups in total. The van der Waals surface area contributed by atoms with Crippen molar-refractivity contribution in [2.45, 2.75) is 64.5 Å². The number of thioether (sulfide) groups is 1.